The van der Waals surface area contributed by atoms with Gasteiger partial charge >= 0.3 is 0 Å². The molecular weight excluding hydrogens is 268 g/mol. The smallest absolute Gasteiger partial charge is 0.232 e. The maximum atomic E-state index is 12.3. The summed E-state index contributed by atoms with van der Waals surface area (Å²) in [5.74, 6) is -0.713. The van der Waals surface area contributed by atoms with Crippen LogP contribution in [-0.2, 0) is 19.6 Å². The third-order valence-corrected chi connectivity index (χ3v) is 5.02. The van der Waals surface area contributed by atoms with Gasteiger partial charge < -0.3 is 10.5 Å². The van der Waals surface area contributed by atoms with Crippen molar-refractivity contribution >= 4 is 15.9 Å². The van der Waals surface area contributed by atoms with Gasteiger partial charge in [0.25, 0.3) is 0 Å². The van der Waals surface area contributed by atoms with E-state index in [1.807, 2.05) is 13.8 Å². The molecule has 0 aromatic heterocycles. The normalized spacial score (nSPS) is 17.5. The Morgan fingerprint density at radius 2 is 1.95 bits per heavy atom. The molecule has 1 amide bonds. The molecule has 1 aliphatic rings. The summed E-state index contributed by atoms with van der Waals surface area (Å²) < 4.78 is 31.1. The van der Waals surface area contributed by atoms with Gasteiger partial charge in [0.15, 0.2) is 0 Å². The second-order valence-electron chi connectivity index (χ2n) is 5.19. The number of hydrogen-bond acceptors (Lipinski definition) is 4. The second kappa shape index (κ2) is 7.21. The Bertz CT molecular complexity index is 389. The number of nitrogens with two attached hydrogens (primary N) is 1. The van der Waals surface area contributed by atoms with Crippen LogP contribution < -0.4 is 5.73 Å². The van der Waals surface area contributed by atoms with E-state index in [1.165, 1.54) is 4.31 Å². The zero-order chi connectivity index (χ0) is 14.5. The summed E-state index contributed by atoms with van der Waals surface area (Å²) in [5.41, 5.74) is 5.16. The van der Waals surface area contributed by atoms with Gasteiger partial charge in [0.05, 0.1) is 25.0 Å². The van der Waals surface area contributed by atoms with Crippen molar-refractivity contribution in [2.24, 2.45) is 5.73 Å². The first-order chi connectivity index (χ1) is 8.83. The lowest BCUT2D eigenvalue weighted by atomic mass is 10.2. The molecule has 1 saturated carbocycles. The summed E-state index contributed by atoms with van der Waals surface area (Å²) in [7, 11) is -3.49. The molecule has 0 heterocycles. The largest absolute Gasteiger partial charge is 0.378 e. The maximum Gasteiger partial charge on any atom is 0.232 e. The van der Waals surface area contributed by atoms with Crippen LogP contribution >= 0.6 is 0 Å². The molecule has 19 heavy (non-hydrogen) atoms. The van der Waals surface area contributed by atoms with Crippen molar-refractivity contribution in [1.82, 2.24) is 4.31 Å². The number of nitrogens with zero attached hydrogens (tertiary/aromatic N) is 1. The Hall–Kier alpha value is -0.660. The Morgan fingerprint density at radius 3 is 2.42 bits per heavy atom. The van der Waals surface area contributed by atoms with Crippen LogP contribution in [0.4, 0.5) is 0 Å². The highest BCUT2D eigenvalue weighted by Crippen LogP contribution is 2.25. The fourth-order valence-corrected chi connectivity index (χ4v) is 3.84. The highest BCUT2D eigenvalue weighted by molar-refractivity contribution is 7.89. The van der Waals surface area contributed by atoms with Gasteiger partial charge in [-0.05, 0) is 26.7 Å². The molecule has 112 valence electrons. The van der Waals surface area contributed by atoms with Gasteiger partial charge in [-0.15, -0.1) is 0 Å². The molecule has 2 N–H and O–H groups in total. The van der Waals surface area contributed by atoms with Crippen molar-refractivity contribution in [2.45, 2.75) is 51.7 Å². The van der Waals surface area contributed by atoms with Crippen LogP contribution in [0.25, 0.3) is 0 Å². The number of carbonyl (C=O) groups excluding carboxylic acids is 1. The molecule has 0 bridgehead atoms. The molecule has 7 heteroatoms. The molecule has 1 fully saturated rings. The standard InChI is InChI=1S/C12H24N2O4S/c1-10(2)18-7-8-19(16,17)14(9-12(13)15)11-5-3-4-6-11/h10-11H,3-9H2,1-2H3,(H2,13,15). The van der Waals surface area contributed by atoms with E-state index in [1.54, 1.807) is 0 Å². The van der Waals surface area contributed by atoms with Gasteiger partial charge in [-0.25, -0.2) is 8.42 Å². The number of amides is 1. The van der Waals surface area contributed by atoms with Crippen molar-refractivity contribution in [3.05, 3.63) is 0 Å². The lowest BCUT2D eigenvalue weighted by molar-refractivity contribution is -0.118. The first kappa shape index (κ1) is 16.4. The zero-order valence-corrected chi connectivity index (χ0v) is 12.5. The Labute approximate surface area is 115 Å². The summed E-state index contributed by atoms with van der Waals surface area (Å²) in [4.78, 5) is 11.1. The third-order valence-electron chi connectivity index (χ3n) is 3.19. The van der Waals surface area contributed by atoms with Crippen LogP contribution in [0.15, 0.2) is 0 Å². The van der Waals surface area contributed by atoms with Crippen LogP contribution in [0, 0.1) is 0 Å². The minimum Gasteiger partial charge on any atom is -0.378 e. The van der Waals surface area contributed by atoms with E-state index in [9.17, 15) is 13.2 Å². The lowest BCUT2D eigenvalue weighted by Crippen LogP contribution is -2.45. The van der Waals surface area contributed by atoms with Gasteiger partial charge in [-0.2, -0.15) is 4.31 Å². The van der Waals surface area contributed by atoms with Gasteiger partial charge in [-0.3, -0.25) is 4.79 Å². The van der Waals surface area contributed by atoms with Crippen molar-refractivity contribution in [1.29, 1.82) is 0 Å². The number of sulfonamides is 1. The highest BCUT2D eigenvalue weighted by Gasteiger charge is 2.32. The molecule has 0 saturated heterocycles. The van der Waals surface area contributed by atoms with E-state index < -0.39 is 15.9 Å². The van der Waals surface area contributed by atoms with E-state index >= 15 is 0 Å². The Balaban J connectivity index is 2.68. The predicted molar refractivity (Wildman–Crippen MR) is 73.0 cm³/mol. The van der Waals surface area contributed by atoms with E-state index in [2.05, 4.69) is 0 Å². The Morgan fingerprint density at radius 1 is 1.37 bits per heavy atom. The van der Waals surface area contributed by atoms with Crippen molar-refractivity contribution in [2.75, 3.05) is 18.9 Å². The minimum absolute atomic E-state index is 0.00808. The molecule has 0 unspecified atom stereocenters. The van der Waals surface area contributed by atoms with Gasteiger partial charge in [0.2, 0.25) is 15.9 Å². The first-order valence-corrected chi connectivity index (χ1v) is 8.33. The van der Waals surface area contributed by atoms with Gasteiger partial charge in [0.1, 0.15) is 0 Å². The van der Waals surface area contributed by atoms with Crippen LogP contribution in [0.3, 0.4) is 0 Å². The fourth-order valence-electron chi connectivity index (χ4n) is 2.31. The molecule has 0 aromatic rings. The molecule has 0 aromatic carbocycles. The van der Waals surface area contributed by atoms with E-state index in [0.717, 1.165) is 25.7 Å². The van der Waals surface area contributed by atoms with Crippen molar-refractivity contribution in [3.8, 4) is 0 Å². The molecular formula is C12H24N2O4S. The predicted octanol–water partition coefficient (Wildman–Crippen LogP) is 0.471. The summed E-state index contributed by atoms with van der Waals surface area (Å²) >= 11 is 0. The zero-order valence-electron chi connectivity index (χ0n) is 11.7. The van der Waals surface area contributed by atoms with Gasteiger partial charge in [0, 0.05) is 6.04 Å². The monoisotopic (exact) mass is 292 g/mol. The van der Waals surface area contributed by atoms with Crippen LogP contribution in [0.5, 0.6) is 0 Å². The van der Waals surface area contributed by atoms with E-state index in [4.69, 9.17) is 10.5 Å². The van der Waals surface area contributed by atoms with Crippen LogP contribution in [0.1, 0.15) is 39.5 Å². The van der Waals surface area contributed by atoms with Gasteiger partial charge in [-0.1, -0.05) is 12.8 Å². The minimum atomic E-state index is -3.49. The summed E-state index contributed by atoms with van der Waals surface area (Å²) in [6.07, 6.45) is 3.59. The van der Waals surface area contributed by atoms with Crippen molar-refractivity contribution in [3.63, 3.8) is 0 Å². The molecule has 0 spiro atoms. The second-order valence-corrected chi connectivity index (χ2v) is 7.23. The SMILES string of the molecule is CC(C)OCCS(=O)(=O)N(CC(N)=O)C1CCCC1. The van der Waals surface area contributed by atoms with Crippen LogP contribution in [0.2, 0.25) is 0 Å². The number of carbonyl (C=O) groups is 1. The average Bonchev–Trinajstić information content (AvgIpc) is 2.77. The molecule has 0 aliphatic heterocycles. The van der Waals surface area contributed by atoms with E-state index in [0.29, 0.717) is 0 Å². The van der Waals surface area contributed by atoms with Crippen LogP contribution in [-0.4, -0.2) is 49.7 Å². The fraction of sp³-hybridized carbons (Fsp3) is 0.917. The first-order valence-electron chi connectivity index (χ1n) is 6.72. The molecule has 6 nitrogen and oxygen atoms in total. The third kappa shape index (κ3) is 5.46. The number of hydrogen-bond donors (Lipinski definition) is 1. The summed E-state index contributed by atoms with van der Waals surface area (Å²) in [5, 5.41) is 0. The molecule has 0 atom stereocenters. The highest BCUT2D eigenvalue weighted by atomic mass is 32.2. The lowest BCUT2D eigenvalue weighted by Gasteiger charge is -2.26. The molecule has 1 aliphatic carbocycles. The van der Waals surface area contributed by atoms with Crippen molar-refractivity contribution < 1.29 is 17.9 Å². The Kier molecular flexibility index (Phi) is 6.22. The number of primary amides is 1. The van der Waals surface area contributed by atoms with E-state index in [-0.39, 0.29) is 31.1 Å². The summed E-state index contributed by atoms with van der Waals surface area (Å²) in [6.45, 7) is 3.62. The maximum absolute atomic E-state index is 12.3. The topological polar surface area (TPSA) is 89.7 Å². The molecule has 0 radical (unpaired) electrons. The molecule has 1 rings (SSSR count). The average molecular weight is 292 g/mol. The number of rotatable bonds is 8. The number of ether oxygens (including phenoxy) is 1. The quantitative estimate of drug-likeness (QED) is 0.704. The summed E-state index contributed by atoms with van der Waals surface area (Å²) in [6, 6.07) is -0.0865.